The molecule has 3 atom stereocenters. The zero-order valence-electron chi connectivity index (χ0n) is 13.4. The summed E-state index contributed by atoms with van der Waals surface area (Å²) in [5.41, 5.74) is 6.11. The Labute approximate surface area is 149 Å². The molecule has 1 aliphatic heterocycles. The summed E-state index contributed by atoms with van der Waals surface area (Å²) in [5, 5.41) is 0.447. The van der Waals surface area contributed by atoms with Crippen LogP contribution >= 0.6 is 24.0 Å². The first-order valence-corrected chi connectivity index (χ1v) is 8.74. The Balaban J connectivity index is 0.00000192. The maximum atomic E-state index is 12.6. The molecule has 3 unspecified atom stereocenters. The van der Waals surface area contributed by atoms with Gasteiger partial charge in [0.2, 0.25) is 11.2 Å². The normalized spacial score (nSPS) is 25.4. The van der Waals surface area contributed by atoms with Crippen LogP contribution in [0.5, 0.6) is 0 Å². The Hall–Kier alpha value is -0.780. The number of nitrogens with two attached hydrogens (primary N) is 1. The predicted octanol–water partition coefficient (Wildman–Crippen LogP) is 2.71. The Morgan fingerprint density at radius 1 is 1.35 bits per heavy atom. The number of aryl methyl sites for hydroxylation is 1. The lowest BCUT2D eigenvalue weighted by molar-refractivity contribution is -0.135. The van der Waals surface area contributed by atoms with Gasteiger partial charge in [-0.3, -0.25) is 4.79 Å². The van der Waals surface area contributed by atoms with E-state index in [-0.39, 0.29) is 18.3 Å². The molecule has 1 saturated carbocycles. The maximum absolute atomic E-state index is 12.6. The number of fused-ring (bicyclic) bond motifs is 1. The third-order valence-electron chi connectivity index (χ3n) is 5.27. The molecular formula is C16H26Cl2N4O. The van der Waals surface area contributed by atoms with Crippen molar-refractivity contribution in [2.24, 2.45) is 17.6 Å². The van der Waals surface area contributed by atoms with Crippen molar-refractivity contribution in [2.75, 3.05) is 13.1 Å². The highest BCUT2D eigenvalue weighted by molar-refractivity contribution is 6.28. The topological polar surface area (TPSA) is 64.2 Å². The zero-order chi connectivity index (χ0) is 15.5. The van der Waals surface area contributed by atoms with Crippen molar-refractivity contribution in [1.82, 2.24) is 14.5 Å². The van der Waals surface area contributed by atoms with Gasteiger partial charge in [-0.05, 0) is 42.7 Å². The second kappa shape index (κ2) is 8.36. The molecule has 7 heteroatoms. The van der Waals surface area contributed by atoms with Crippen molar-refractivity contribution < 1.29 is 4.79 Å². The van der Waals surface area contributed by atoms with E-state index >= 15 is 0 Å². The van der Waals surface area contributed by atoms with E-state index in [0.717, 1.165) is 25.4 Å². The molecule has 1 saturated heterocycles. The Kier molecular flexibility index (Phi) is 6.74. The van der Waals surface area contributed by atoms with Gasteiger partial charge in [0.15, 0.2) is 0 Å². The van der Waals surface area contributed by atoms with Crippen molar-refractivity contribution >= 4 is 29.9 Å². The summed E-state index contributed by atoms with van der Waals surface area (Å²) in [4.78, 5) is 18.5. The van der Waals surface area contributed by atoms with Crippen LogP contribution in [-0.2, 0) is 11.3 Å². The van der Waals surface area contributed by atoms with Crippen LogP contribution in [0.3, 0.4) is 0 Å². The number of carbonyl (C=O) groups is 1. The lowest BCUT2D eigenvalue weighted by Gasteiger charge is -2.42. The van der Waals surface area contributed by atoms with Gasteiger partial charge in [-0.1, -0.05) is 19.3 Å². The fraction of sp³-hybridized carbons (Fsp3) is 0.750. The third-order valence-corrected chi connectivity index (χ3v) is 5.58. The number of aromatic nitrogens is 2. The number of nitrogens with zero attached hydrogens (tertiary/aromatic N) is 3. The Morgan fingerprint density at radius 3 is 2.78 bits per heavy atom. The fourth-order valence-corrected chi connectivity index (χ4v) is 4.11. The minimum atomic E-state index is -0.446. The van der Waals surface area contributed by atoms with Gasteiger partial charge in [0.1, 0.15) is 0 Å². The summed E-state index contributed by atoms with van der Waals surface area (Å²) in [7, 11) is 0. The van der Waals surface area contributed by atoms with E-state index in [2.05, 4.69) is 4.98 Å². The van der Waals surface area contributed by atoms with Gasteiger partial charge in [-0.2, -0.15) is 0 Å². The summed E-state index contributed by atoms with van der Waals surface area (Å²) in [6, 6.07) is -0.446. The van der Waals surface area contributed by atoms with Crippen molar-refractivity contribution in [3.05, 3.63) is 17.7 Å². The van der Waals surface area contributed by atoms with Crippen LogP contribution in [0, 0.1) is 11.8 Å². The van der Waals surface area contributed by atoms with E-state index in [0.29, 0.717) is 24.2 Å². The molecule has 2 fully saturated rings. The Bertz CT molecular complexity index is 522. The van der Waals surface area contributed by atoms with Crippen LogP contribution in [0.2, 0.25) is 5.28 Å². The molecule has 0 radical (unpaired) electrons. The molecule has 5 nitrogen and oxygen atoms in total. The van der Waals surface area contributed by atoms with E-state index in [1.165, 1.54) is 25.7 Å². The van der Waals surface area contributed by atoms with E-state index in [4.69, 9.17) is 17.3 Å². The highest BCUT2D eigenvalue weighted by Gasteiger charge is 2.34. The van der Waals surface area contributed by atoms with Crippen molar-refractivity contribution in [3.8, 4) is 0 Å². The zero-order valence-corrected chi connectivity index (χ0v) is 14.9. The second-order valence-corrected chi connectivity index (χ2v) is 7.00. The standard InChI is InChI=1S/C16H25ClN4O.ClH/c17-16-19-7-10-20(16)9-6-14(18)15(22)21-8-5-12-3-1-2-4-13(12)11-21;/h7,10,12-14H,1-6,8-9,11,18H2;1H. The van der Waals surface area contributed by atoms with Gasteiger partial charge in [-0.15, -0.1) is 12.4 Å². The molecule has 0 spiro atoms. The highest BCUT2D eigenvalue weighted by atomic mass is 35.5. The first kappa shape index (κ1) is 18.6. The molecule has 1 aliphatic carbocycles. The summed E-state index contributed by atoms with van der Waals surface area (Å²) in [5.74, 6) is 1.63. The number of hydrogen-bond acceptors (Lipinski definition) is 3. The van der Waals surface area contributed by atoms with E-state index in [9.17, 15) is 4.79 Å². The van der Waals surface area contributed by atoms with E-state index in [1.807, 2.05) is 15.7 Å². The van der Waals surface area contributed by atoms with Crippen LogP contribution in [0.15, 0.2) is 12.4 Å². The second-order valence-electron chi connectivity index (χ2n) is 6.66. The summed E-state index contributed by atoms with van der Waals surface area (Å²) in [6.45, 7) is 2.41. The summed E-state index contributed by atoms with van der Waals surface area (Å²) < 4.78 is 1.82. The number of amides is 1. The van der Waals surface area contributed by atoms with Gasteiger partial charge in [-0.25, -0.2) is 4.98 Å². The minimum Gasteiger partial charge on any atom is -0.341 e. The molecule has 1 aromatic heterocycles. The van der Waals surface area contributed by atoms with Gasteiger partial charge in [0.05, 0.1) is 6.04 Å². The maximum Gasteiger partial charge on any atom is 0.239 e. The molecule has 1 amide bonds. The molecule has 0 bridgehead atoms. The Morgan fingerprint density at radius 2 is 2.09 bits per heavy atom. The molecule has 2 heterocycles. The average Bonchev–Trinajstić information content (AvgIpc) is 2.96. The molecule has 23 heavy (non-hydrogen) atoms. The van der Waals surface area contributed by atoms with Gasteiger partial charge in [0.25, 0.3) is 0 Å². The predicted molar refractivity (Wildman–Crippen MR) is 93.7 cm³/mol. The van der Waals surface area contributed by atoms with Crippen LogP contribution in [0.1, 0.15) is 38.5 Å². The number of hydrogen-bond donors (Lipinski definition) is 1. The van der Waals surface area contributed by atoms with Crippen LogP contribution < -0.4 is 5.73 Å². The van der Waals surface area contributed by atoms with Crippen molar-refractivity contribution in [3.63, 3.8) is 0 Å². The number of imidazole rings is 1. The smallest absolute Gasteiger partial charge is 0.239 e. The highest BCUT2D eigenvalue weighted by Crippen LogP contribution is 2.36. The summed E-state index contributed by atoms with van der Waals surface area (Å²) in [6.07, 6.45) is 10.5. The number of piperidine rings is 1. The van der Waals surface area contributed by atoms with Crippen molar-refractivity contribution in [2.45, 2.75) is 51.1 Å². The van der Waals surface area contributed by atoms with E-state index < -0.39 is 6.04 Å². The first-order valence-electron chi connectivity index (χ1n) is 8.36. The van der Waals surface area contributed by atoms with Crippen LogP contribution in [-0.4, -0.2) is 39.5 Å². The van der Waals surface area contributed by atoms with Crippen molar-refractivity contribution in [1.29, 1.82) is 0 Å². The monoisotopic (exact) mass is 360 g/mol. The van der Waals surface area contributed by atoms with Gasteiger partial charge in [0, 0.05) is 32.0 Å². The molecule has 2 aliphatic rings. The SMILES string of the molecule is Cl.NC(CCn1ccnc1Cl)C(=O)N1CCC2CCCCC2C1. The lowest BCUT2D eigenvalue weighted by Crippen LogP contribution is -2.50. The van der Waals surface area contributed by atoms with Gasteiger partial charge < -0.3 is 15.2 Å². The van der Waals surface area contributed by atoms with Crippen LogP contribution in [0.4, 0.5) is 0 Å². The molecular weight excluding hydrogens is 335 g/mol. The molecule has 1 aromatic rings. The largest absolute Gasteiger partial charge is 0.341 e. The molecule has 3 rings (SSSR count). The number of halogens is 2. The number of carbonyl (C=O) groups excluding carboxylic acids is 1. The third kappa shape index (κ3) is 4.40. The van der Waals surface area contributed by atoms with Gasteiger partial charge >= 0.3 is 0 Å². The van der Waals surface area contributed by atoms with Crippen LogP contribution in [0.25, 0.3) is 0 Å². The lowest BCUT2D eigenvalue weighted by atomic mass is 9.75. The fourth-order valence-electron chi connectivity index (χ4n) is 3.91. The molecule has 130 valence electrons. The number of likely N-dealkylation sites (tertiary alicyclic amines) is 1. The molecule has 2 N–H and O–H groups in total. The number of rotatable bonds is 4. The van der Waals surface area contributed by atoms with E-state index in [1.54, 1.807) is 6.20 Å². The molecule has 0 aromatic carbocycles. The summed E-state index contributed by atoms with van der Waals surface area (Å²) >= 11 is 5.94. The average molecular weight is 361 g/mol. The first-order chi connectivity index (χ1) is 10.6. The quantitative estimate of drug-likeness (QED) is 0.897. The minimum absolute atomic E-state index is 0.